The molecule has 0 spiro atoms. The third-order valence-corrected chi connectivity index (χ3v) is 5.11. The van der Waals surface area contributed by atoms with Crippen molar-refractivity contribution in [3.8, 4) is 0 Å². The molecule has 1 saturated carbocycles. The van der Waals surface area contributed by atoms with E-state index in [2.05, 4.69) is 10.1 Å². The molecule has 0 aliphatic heterocycles. The van der Waals surface area contributed by atoms with Crippen molar-refractivity contribution in [1.82, 2.24) is 14.6 Å². The van der Waals surface area contributed by atoms with Crippen LogP contribution in [0.2, 0.25) is 0 Å². The molecular weight excluding hydrogens is 306 g/mol. The smallest absolute Gasteiger partial charge is 0.377 e. The minimum Gasteiger partial charge on any atom is -0.378 e. The van der Waals surface area contributed by atoms with Crippen LogP contribution in [0.5, 0.6) is 0 Å². The van der Waals surface area contributed by atoms with Crippen molar-refractivity contribution < 1.29 is 4.92 Å². The lowest BCUT2D eigenvalue weighted by molar-refractivity contribution is -0.385. The summed E-state index contributed by atoms with van der Waals surface area (Å²) in [6.45, 7) is 0. The third kappa shape index (κ3) is 2.80. The second kappa shape index (κ2) is 5.99. The van der Waals surface area contributed by atoms with Crippen LogP contribution in [-0.4, -0.2) is 19.5 Å². The minimum atomic E-state index is -0.912. The highest BCUT2D eigenvalue weighted by atomic mass is 32.1. The van der Waals surface area contributed by atoms with Gasteiger partial charge in [0.05, 0.1) is 4.92 Å². The highest BCUT2D eigenvalue weighted by Gasteiger charge is 2.23. The van der Waals surface area contributed by atoms with Crippen LogP contribution in [-0.2, 0) is 6.42 Å². The number of hydrogen-bond donors (Lipinski definition) is 1. The van der Waals surface area contributed by atoms with Gasteiger partial charge in [-0.15, -0.1) is 0 Å². The van der Waals surface area contributed by atoms with Crippen molar-refractivity contribution in [1.29, 1.82) is 0 Å². The predicted molar refractivity (Wildman–Crippen MR) is 83.1 cm³/mol. The standard InChI is InChI=1S/C13H17N5O3S/c14-11-10(18(20)21)12(19)15-13-17(11)16-9(22-13)7-6-8-4-2-1-3-5-8/h8H,1-7,14H2. The highest BCUT2D eigenvalue weighted by Crippen LogP contribution is 2.28. The normalized spacial score (nSPS) is 16.2. The molecule has 8 nitrogen and oxygen atoms in total. The molecule has 2 aromatic rings. The van der Waals surface area contributed by atoms with Crippen molar-refractivity contribution in [3.63, 3.8) is 0 Å². The maximum absolute atomic E-state index is 11.6. The van der Waals surface area contributed by atoms with Crippen molar-refractivity contribution in [2.45, 2.75) is 44.9 Å². The van der Waals surface area contributed by atoms with Crippen molar-refractivity contribution in [2.24, 2.45) is 5.92 Å². The average molecular weight is 323 g/mol. The van der Waals surface area contributed by atoms with Crippen LogP contribution in [0.3, 0.4) is 0 Å². The maximum Gasteiger partial charge on any atom is 0.377 e. The van der Waals surface area contributed by atoms with E-state index in [1.165, 1.54) is 48.0 Å². The van der Waals surface area contributed by atoms with Gasteiger partial charge in [-0.05, 0) is 12.3 Å². The van der Waals surface area contributed by atoms with Gasteiger partial charge in [-0.1, -0.05) is 43.4 Å². The van der Waals surface area contributed by atoms with Crippen molar-refractivity contribution in [3.05, 3.63) is 25.5 Å². The lowest BCUT2D eigenvalue weighted by Gasteiger charge is -2.20. The van der Waals surface area contributed by atoms with E-state index in [0.29, 0.717) is 4.96 Å². The quantitative estimate of drug-likeness (QED) is 0.680. The van der Waals surface area contributed by atoms with Crippen LogP contribution < -0.4 is 11.3 Å². The zero-order valence-electron chi connectivity index (χ0n) is 12.0. The van der Waals surface area contributed by atoms with Gasteiger partial charge >= 0.3 is 11.2 Å². The largest absolute Gasteiger partial charge is 0.378 e. The van der Waals surface area contributed by atoms with Crippen LogP contribution in [0.1, 0.15) is 43.5 Å². The number of nitrogen functional groups attached to an aromatic ring is 1. The molecule has 0 amide bonds. The number of aryl methyl sites for hydroxylation is 1. The molecule has 2 heterocycles. The number of nitro groups is 1. The first-order chi connectivity index (χ1) is 10.6. The molecule has 2 N–H and O–H groups in total. The van der Waals surface area contributed by atoms with Gasteiger partial charge in [0, 0.05) is 6.42 Å². The van der Waals surface area contributed by atoms with E-state index in [1.54, 1.807) is 0 Å². The Hall–Kier alpha value is -2.03. The highest BCUT2D eigenvalue weighted by molar-refractivity contribution is 7.16. The molecule has 1 aliphatic rings. The number of nitrogens with two attached hydrogens (primary N) is 1. The maximum atomic E-state index is 11.6. The first kappa shape index (κ1) is 14.9. The zero-order valence-corrected chi connectivity index (χ0v) is 12.8. The molecular formula is C13H17N5O3S. The fourth-order valence-corrected chi connectivity index (χ4v) is 3.88. The SMILES string of the molecule is Nc1c([N+](=O)[O-])c(=O)nc2sc(CCC3CCCCC3)nn12. The number of anilines is 1. The Bertz CT molecular complexity index is 763. The Kier molecular flexibility index (Phi) is 4.06. The zero-order chi connectivity index (χ0) is 15.7. The molecule has 0 bridgehead atoms. The molecule has 0 saturated heterocycles. The Balaban J connectivity index is 1.85. The summed E-state index contributed by atoms with van der Waals surface area (Å²) in [5.41, 5.74) is 4.08. The summed E-state index contributed by atoms with van der Waals surface area (Å²) in [6, 6.07) is 0. The van der Waals surface area contributed by atoms with Gasteiger partial charge in [-0.25, -0.2) is 0 Å². The number of aromatic nitrogens is 3. The Morgan fingerprint density at radius 3 is 2.77 bits per heavy atom. The van der Waals surface area contributed by atoms with Crippen molar-refractivity contribution in [2.75, 3.05) is 5.73 Å². The number of rotatable bonds is 4. The summed E-state index contributed by atoms with van der Waals surface area (Å²) in [6.07, 6.45) is 8.26. The molecule has 0 aromatic carbocycles. The summed E-state index contributed by atoms with van der Waals surface area (Å²) in [4.78, 5) is 25.7. The fourth-order valence-electron chi connectivity index (χ4n) is 2.98. The van der Waals surface area contributed by atoms with Gasteiger partial charge in [-0.3, -0.25) is 14.9 Å². The van der Waals surface area contributed by atoms with Crippen LogP contribution in [0.25, 0.3) is 4.96 Å². The molecule has 1 aliphatic carbocycles. The third-order valence-electron chi connectivity index (χ3n) is 4.15. The summed E-state index contributed by atoms with van der Waals surface area (Å²) >= 11 is 1.27. The number of nitrogens with zero attached hydrogens (tertiary/aromatic N) is 4. The Morgan fingerprint density at radius 1 is 1.36 bits per heavy atom. The summed E-state index contributed by atoms with van der Waals surface area (Å²) in [5, 5.41) is 16.0. The summed E-state index contributed by atoms with van der Waals surface area (Å²) in [7, 11) is 0. The van der Waals surface area contributed by atoms with Gasteiger partial charge in [0.25, 0.3) is 0 Å². The topological polar surface area (TPSA) is 116 Å². The van der Waals surface area contributed by atoms with Crippen LogP contribution in [0.15, 0.2) is 4.79 Å². The van der Waals surface area contributed by atoms with E-state index in [1.807, 2.05) is 0 Å². The molecule has 9 heteroatoms. The predicted octanol–water partition coefficient (Wildman–Crippen LogP) is 2.15. The minimum absolute atomic E-state index is 0.250. The van der Waals surface area contributed by atoms with Gasteiger partial charge in [0.2, 0.25) is 10.8 Å². The van der Waals surface area contributed by atoms with E-state index in [-0.39, 0.29) is 5.82 Å². The van der Waals surface area contributed by atoms with Gasteiger partial charge < -0.3 is 5.73 Å². The van der Waals surface area contributed by atoms with E-state index < -0.39 is 16.2 Å². The molecule has 0 unspecified atom stereocenters. The van der Waals surface area contributed by atoms with E-state index in [4.69, 9.17) is 5.73 Å². The monoisotopic (exact) mass is 323 g/mol. The van der Waals surface area contributed by atoms with Crippen LogP contribution >= 0.6 is 11.3 Å². The van der Waals surface area contributed by atoms with E-state index >= 15 is 0 Å². The van der Waals surface area contributed by atoms with Gasteiger partial charge in [-0.2, -0.15) is 14.6 Å². The lowest BCUT2D eigenvalue weighted by atomic mass is 9.86. The second-order valence-corrected chi connectivity index (χ2v) is 6.68. The molecule has 0 radical (unpaired) electrons. The van der Waals surface area contributed by atoms with Gasteiger partial charge in [0.15, 0.2) is 0 Å². The van der Waals surface area contributed by atoms with E-state index in [9.17, 15) is 14.9 Å². The number of hydrogen-bond acceptors (Lipinski definition) is 7. The first-order valence-corrected chi connectivity index (χ1v) is 8.20. The molecule has 118 valence electrons. The summed E-state index contributed by atoms with van der Waals surface area (Å²) < 4.78 is 1.21. The lowest BCUT2D eigenvalue weighted by Crippen LogP contribution is -2.17. The van der Waals surface area contributed by atoms with E-state index in [0.717, 1.165) is 23.8 Å². The molecule has 0 atom stereocenters. The summed E-state index contributed by atoms with van der Waals surface area (Å²) in [5.74, 6) is 0.473. The Morgan fingerprint density at radius 2 is 2.09 bits per heavy atom. The van der Waals surface area contributed by atoms with Gasteiger partial charge in [0.1, 0.15) is 5.01 Å². The van der Waals surface area contributed by atoms with Crippen LogP contribution in [0.4, 0.5) is 11.5 Å². The number of fused-ring (bicyclic) bond motifs is 1. The molecule has 1 fully saturated rings. The molecule has 22 heavy (non-hydrogen) atoms. The second-order valence-electron chi connectivity index (χ2n) is 5.64. The Labute approximate surface area is 130 Å². The average Bonchev–Trinajstić information content (AvgIpc) is 2.89. The fraction of sp³-hybridized carbons (Fsp3) is 0.615. The first-order valence-electron chi connectivity index (χ1n) is 7.39. The molecule has 2 aromatic heterocycles. The van der Waals surface area contributed by atoms with Crippen LogP contribution in [0, 0.1) is 16.0 Å². The van der Waals surface area contributed by atoms with Crippen molar-refractivity contribution >= 4 is 27.8 Å². The molecule has 3 rings (SSSR count).